The first-order valence-corrected chi connectivity index (χ1v) is 8.64. The topological polar surface area (TPSA) is 58.8 Å². The van der Waals surface area contributed by atoms with Gasteiger partial charge in [-0.2, -0.15) is 0 Å². The molecule has 2 N–H and O–H groups in total. The normalized spacial score (nSPS) is 32.2. The number of morpholine rings is 1. The van der Waals surface area contributed by atoms with E-state index >= 15 is 0 Å². The van der Waals surface area contributed by atoms with Crippen molar-refractivity contribution in [2.45, 2.75) is 59.3 Å². The van der Waals surface area contributed by atoms with Gasteiger partial charge in [-0.15, -0.1) is 24.8 Å². The number of nitrogens with zero attached hydrogens (tertiary/aromatic N) is 2. The van der Waals surface area contributed by atoms with E-state index in [4.69, 9.17) is 10.5 Å². The fourth-order valence-corrected chi connectivity index (χ4v) is 3.87. The predicted molar refractivity (Wildman–Crippen MR) is 103 cm³/mol. The summed E-state index contributed by atoms with van der Waals surface area (Å²) >= 11 is 0. The smallest absolute Gasteiger partial charge is 0.240 e. The van der Waals surface area contributed by atoms with Crippen LogP contribution in [0, 0.1) is 11.3 Å². The number of hydrogen-bond donors (Lipinski definition) is 1. The molecule has 2 heterocycles. The number of halogens is 2. The molecule has 0 aromatic heterocycles. The van der Waals surface area contributed by atoms with E-state index in [0.717, 1.165) is 32.6 Å². The highest BCUT2D eigenvalue weighted by atomic mass is 35.5. The van der Waals surface area contributed by atoms with Crippen molar-refractivity contribution in [1.82, 2.24) is 9.80 Å². The van der Waals surface area contributed by atoms with E-state index in [2.05, 4.69) is 39.5 Å². The lowest BCUT2D eigenvalue weighted by Gasteiger charge is -2.42. The van der Waals surface area contributed by atoms with Gasteiger partial charge >= 0.3 is 0 Å². The van der Waals surface area contributed by atoms with Gasteiger partial charge in [-0.3, -0.25) is 9.69 Å². The Hall–Kier alpha value is -0.0700. The Morgan fingerprint density at radius 2 is 1.79 bits per heavy atom. The molecular weight excluding hydrogens is 349 g/mol. The Kier molecular flexibility index (Phi) is 9.55. The average molecular weight is 384 g/mol. The van der Waals surface area contributed by atoms with Gasteiger partial charge in [0.2, 0.25) is 5.91 Å². The fourth-order valence-electron chi connectivity index (χ4n) is 3.87. The van der Waals surface area contributed by atoms with Gasteiger partial charge in [0.15, 0.2) is 0 Å². The standard InChI is InChI=1S/C17H33N3O2.2ClH/c1-12(2)15(20-8-13(3)22-14(4)9-20)16(21)19-7-6-17(5,10-18)11-19;;/h12-15H,6-11,18H2,1-5H3;2*1H. The van der Waals surface area contributed by atoms with Gasteiger partial charge < -0.3 is 15.4 Å². The first-order chi connectivity index (χ1) is 10.3. The maximum Gasteiger partial charge on any atom is 0.240 e. The summed E-state index contributed by atoms with van der Waals surface area (Å²) in [5.74, 6) is 0.572. The second kappa shape index (κ2) is 9.58. The maximum absolute atomic E-state index is 13.1. The molecule has 24 heavy (non-hydrogen) atoms. The van der Waals surface area contributed by atoms with Crippen molar-refractivity contribution in [3.05, 3.63) is 0 Å². The molecule has 0 aliphatic carbocycles. The van der Waals surface area contributed by atoms with Crippen LogP contribution in [0.25, 0.3) is 0 Å². The van der Waals surface area contributed by atoms with E-state index in [1.165, 1.54) is 0 Å². The number of carbonyl (C=O) groups is 1. The van der Waals surface area contributed by atoms with Crippen LogP contribution < -0.4 is 5.73 Å². The first kappa shape index (κ1) is 23.9. The molecule has 7 heteroatoms. The lowest BCUT2D eigenvalue weighted by Crippen LogP contribution is -2.57. The van der Waals surface area contributed by atoms with Crippen LogP contribution in [-0.2, 0) is 9.53 Å². The number of nitrogens with two attached hydrogens (primary N) is 1. The molecular formula is C17H35Cl2N3O2. The summed E-state index contributed by atoms with van der Waals surface area (Å²) in [7, 11) is 0. The van der Waals surface area contributed by atoms with Crippen LogP contribution in [0.1, 0.15) is 41.0 Å². The third-order valence-electron chi connectivity index (χ3n) is 5.09. The summed E-state index contributed by atoms with van der Waals surface area (Å²) in [5, 5.41) is 0. The monoisotopic (exact) mass is 383 g/mol. The van der Waals surface area contributed by atoms with Crippen molar-refractivity contribution in [1.29, 1.82) is 0 Å². The molecule has 0 bridgehead atoms. The largest absolute Gasteiger partial charge is 0.373 e. The van der Waals surface area contributed by atoms with Crippen molar-refractivity contribution in [2.24, 2.45) is 17.1 Å². The number of hydrogen-bond acceptors (Lipinski definition) is 4. The minimum absolute atomic E-state index is 0. The quantitative estimate of drug-likeness (QED) is 0.807. The lowest BCUT2D eigenvalue weighted by atomic mass is 9.90. The van der Waals surface area contributed by atoms with Crippen LogP contribution in [0.15, 0.2) is 0 Å². The summed E-state index contributed by atoms with van der Waals surface area (Å²) in [6.07, 6.45) is 1.38. The number of ether oxygens (including phenoxy) is 1. The Morgan fingerprint density at radius 1 is 1.25 bits per heavy atom. The summed E-state index contributed by atoms with van der Waals surface area (Å²) in [6.45, 7) is 14.6. The van der Waals surface area contributed by atoms with Crippen LogP contribution in [-0.4, -0.2) is 66.7 Å². The van der Waals surface area contributed by atoms with E-state index in [1.54, 1.807) is 0 Å². The van der Waals surface area contributed by atoms with Crippen LogP contribution in [0.4, 0.5) is 0 Å². The Morgan fingerprint density at radius 3 is 2.21 bits per heavy atom. The zero-order valence-corrected chi connectivity index (χ0v) is 17.3. The predicted octanol–water partition coefficient (Wildman–Crippen LogP) is 2.16. The van der Waals surface area contributed by atoms with Crippen molar-refractivity contribution >= 4 is 30.7 Å². The van der Waals surface area contributed by atoms with E-state index in [-0.39, 0.29) is 54.4 Å². The molecule has 2 saturated heterocycles. The van der Waals surface area contributed by atoms with E-state index in [1.807, 2.05) is 4.90 Å². The second-order valence-electron chi connectivity index (χ2n) is 7.92. The maximum atomic E-state index is 13.1. The molecule has 2 rings (SSSR count). The molecule has 4 atom stereocenters. The Balaban J connectivity index is 0.00000264. The summed E-state index contributed by atoms with van der Waals surface area (Å²) < 4.78 is 5.82. The first-order valence-electron chi connectivity index (χ1n) is 8.64. The van der Waals surface area contributed by atoms with Crippen molar-refractivity contribution in [3.63, 3.8) is 0 Å². The van der Waals surface area contributed by atoms with Crippen LogP contribution in [0.5, 0.6) is 0 Å². The molecule has 2 aliphatic heterocycles. The Bertz CT molecular complexity index is 401. The third kappa shape index (κ3) is 5.46. The van der Waals surface area contributed by atoms with Gasteiger partial charge in [0.05, 0.1) is 18.2 Å². The number of likely N-dealkylation sites (tertiary alicyclic amines) is 1. The van der Waals surface area contributed by atoms with Gasteiger partial charge in [-0.05, 0) is 38.1 Å². The summed E-state index contributed by atoms with van der Waals surface area (Å²) in [4.78, 5) is 17.5. The van der Waals surface area contributed by atoms with Crippen LogP contribution in [0.2, 0.25) is 0 Å². The molecule has 0 spiro atoms. The van der Waals surface area contributed by atoms with Gasteiger partial charge in [0.1, 0.15) is 0 Å². The molecule has 0 aromatic carbocycles. The zero-order valence-electron chi connectivity index (χ0n) is 15.7. The molecule has 4 unspecified atom stereocenters. The average Bonchev–Trinajstić information content (AvgIpc) is 2.81. The molecule has 0 saturated carbocycles. The zero-order chi connectivity index (χ0) is 16.5. The van der Waals surface area contributed by atoms with Crippen molar-refractivity contribution < 1.29 is 9.53 Å². The second-order valence-corrected chi connectivity index (χ2v) is 7.92. The van der Waals surface area contributed by atoms with Crippen LogP contribution >= 0.6 is 24.8 Å². The van der Waals surface area contributed by atoms with E-state index in [0.29, 0.717) is 12.5 Å². The molecule has 0 aromatic rings. The highest BCUT2D eigenvalue weighted by Gasteiger charge is 2.41. The van der Waals surface area contributed by atoms with E-state index < -0.39 is 0 Å². The minimum Gasteiger partial charge on any atom is -0.373 e. The molecule has 2 aliphatic rings. The highest BCUT2D eigenvalue weighted by Crippen LogP contribution is 2.30. The van der Waals surface area contributed by atoms with Crippen molar-refractivity contribution in [2.75, 3.05) is 32.7 Å². The fraction of sp³-hybridized carbons (Fsp3) is 0.941. The van der Waals surface area contributed by atoms with Gasteiger partial charge in [0, 0.05) is 26.2 Å². The van der Waals surface area contributed by atoms with Gasteiger partial charge in [0.25, 0.3) is 0 Å². The minimum atomic E-state index is -0.0473. The van der Waals surface area contributed by atoms with E-state index in [9.17, 15) is 4.79 Å². The third-order valence-corrected chi connectivity index (χ3v) is 5.09. The van der Waals surface area contributed by atoms with Crippen LogP contribution in [0.3, 0.4) is 0 Å². The molecule has 144 valence electrons. The number of rotatable bonds is 4. The number of amides is 1. The lowest BCUT2D eigenvalue weighted by molar-refractivity contribution is -0.144. The van der Waals surface area contributed by atoms with Gasteiger partial charge in [-0.25, -0.2) is 0 Å². The Labute approximate surface area is 159 Å². The number of carbonyl (C=O) groups excluding carboxylic acids is 1. The molecule has 1 amide bonds. The summed E-state index contributed by atoms with van der Waals surface area (Å²) in [5.41, 5.74) is 5.97. The van der Waals surface area contributed by atoms with Crippen molar-refractivity contribution in [3.8, 4) is 0 Å². The highest BCUT2D eigenvalue weighted by molar-refractivity contribution is 5.85. The molecule has 2 fully saturated rings. The van der Waals surface area contributed by atoms with Gasteiger partial charge in [-0.1, -0.05) is 20.8 Å². The SMILES string of the molecule is CC1CN(C(C(=O)N2CCC(C)(CN)C2)C(C)C)CC(C)O1.Cl.Cl. The molecule has 0 radical (unpaired) electrons. The molecule has 5 nitrogen and oxygen atoms in total. The summed E-state index contributed by atoms with van der Waals surface area (Å²) in [6, 6.07) is -0.0473.